The van der Waals surface area contributed by atoms with Crippen LogP contribution in [-0.2, 0) is 16.1 Å². The Morgan fingerprint density at radius 3 is 2.65 bits per heavy atom. The number of rotatable bonds is 9. The predicted molar refractivity (Wildman–Crippen MR) is 143 cm³/mol. The zero-order valence-corrected chi connectivity index (χ0v) is 21.9. The minimum absolute atomic E-state index is 0.260. The van der Waals surface area contributed by atoms with Gasteiger partial charge in [0.1, 0.15) is 6.61 Å². The van der Waals surface area contributed by atoms with E-state index < -0.39 is 0 Å². The summed E-state index contributed by atoms with van der Waals surface area (Å²) in [4.78, 5) is 26.6. The van der Waals surface area contributed by atoms with Crippen molar-refractivity contribution in [3.05, 3.63) is 74.2 Å². The van der Waals surface area contributed by atoms with Crippen LogP contribution < -0.4 is 9.47 Å². The third-order valence-corrected chi connectivity index (χ3v) is 7.11. The molecule has 4 rings (SSSR count). The molecule has 0 aliphatic carbocycles. The SMILES string of the molecule is COCCCN1C(=O)S/C(=C/c2cc(I)c(OCc3cccc4ccccc34)c(OC)c2)C1=O. The Labute approximate surface area is 216 Å². The maximum Gasteiger partial charge on any atom is 0.293 e. The molecule has 1 fully saturated rings. The average molecular weight is 589 g/mol. The van der Waals surface area contributed by atoms with E-state index >= 15 is 0 Å². The molecule has 1 aliphatic rings. The fraction of sp³-hybridized carbons (Fsp3) is 0.231. The highest BCUT2D eigenvalue weighted by molar-refractivity contribution is 14.1. The maximum absolute atomic E-state index is 12.7. The van der Waals surface area contributed by atoms with Crippen LogP contribution in [0.3, 0.4) is 0 Å². The Kier molecular flexibility index (Phi) is 8.12. The molecule has 1 saturated heterocycles. The Morgan fingerprint density at radius 2 is 1.85 bits per heavy atom. The van der Waals surface area contributed by atoms with Crippen molar-refractivity contribution in [2.75, 3.05) is 27.4 Å². The Balaban J connectivity index is 1.54. The summed E-state index contributed by atoms with van der Waals surface area (Å²) in [6.07, 6.45) is 2.33. The molecule has 1 heterocycles. The van der Waals surface area contributed by atoms with E-state index in [1.54, 1.807) is 20.3 Å². The zero-order chi connectivity index (χ0) is 24.1. The molecule has 0 aromatic heterocycles. The summed E-state index contributed by atoms with van der Waals surface area (Å²) in [5.41, 5.74) is 1.85. The van der Waals surface area contributed by atoms with Crippen LogP contribution in [0.15, 0.2) is 59.5 Å². The first-order chi connectivity index (χ1) is 16.5. The van der Waals surface area contributed by atoms with Gasteiger partial charge >= 0.3 is 0 Å². The second-order valence-corrected chi connectivity index (χ2v) is 9.80. The molecule has 1 aliphatic heterocycles. The molecule has 6 nitrogen and oxygen atoms in total. The smallest absolute Gasteiger partial charge is 0.293 e. The number of methoxy groups -OCH3 is 2. The van der Waals surface area contributed by atoms with Crippen LogP contribution in [0.1, 0.15) is 17.5 Å². The number of benzene rings is 3. The van der Waals surface area contributed by atoms with Crippen molar-refractivity contribution in [1.82, 2.24) is 4.90 Å². The summed E-state index contributed by atoms with van der Waals surface area (Å²) in [6, 6.07) is 18.1. The molecule has 2 amide bonds. The Bertz CT molecular complexity index is 1250. The van der Waals surface area contributed by atoms with E-state index in [-0.39, 0.29) is 11.1 Å². The predicted octanol–water partition coefficient (Wildman–Crippen LogP) is 6.10. The summed E-state index contributed by atoms with van der Waals surface area (Å²) in [5, 5.41) is 2.05. The van der Waals surface area contributed by atoms with E-state index in [4.69, 9.17) is 14.2 Å². The standard InChI is InChI=1S/C26H24INO5S/c1-31-12-6-11-28-25(29)23(34-26(28)30)15-17-13-21(27)24(22(14-17)32-2)33-16-19-9-5-8-18-7-3-4-10-20(18)19/h3-5,7-10,13-15H,6,11-12,16H2,1-2H3/b23-15+. The average Bonchev–Trinajstić information content (AvgIpc) is 3.10. The number of thioether (sulfide) groups is 1. The minimum atomic E-state index is -0.281. The minimum Gasteiger partial charge on any atom is -0.493 e. The van der Waals surface area contributed by atoms with Crippen molar-refractivity contribution < 1.29 is 23.8 Å². The van der Waals surface area contributed by atoms with Crippen molar-refractivity contribution in [3.8, 4) is 11.5 Å². The molecule has 0 atom stereocenters. The van der Waals surface area contributed by atoms with E-state index in [2.05, 4.69) is 46.9 Å². The molecule has 0 radical (unpaired) electrons. The van der Waals surface area contributed by atoms with Crippen LogP contribution in [0.2, 0.25) is 0 Å². The quantitative estimate of drug-likeness (QED) is 0.171. The van der Waals surface area contributed by atoms with Gasteiger partial charge in [-0.15, -0.1) is 0 Å². The van der Waals surface area contributed by atoms with Crippen molar-refractivity contribution in [3.63, 3.8) is 0 Å². The van der Waals surface area contributed by atoms with Crippen molar-refractivity contribution in [2.24, 2.45) is 0 Å². The number of ether oxygens (including phenoxy) is 3. The van der Waals surface area contributed by atoms with Gasteiger partial charge in [0, 0.05) is 20.3 Å². The first-order valence-corrected chi connectivity index (χ1v) is 12.6. The monoisotopic (exact) mass is 589 g/mol. The number of carbonyl (C=O) groups excluding carboxylic acids is 2. The van der Waals surface area contributed by atoms with Crippen molar-refractivity contribution in [2.45, 2.75) is 13.0 Å². The second-order valence-electron chi connectivity index (χ2n) is 7.64. The van der Waals surface area contributed by atoms with Crippen LogP contribution in [0.4, 0.5) is 4.79 Å². The van der Waals surface area contributed by atoms with Gasteiger partial charge in [0.2, 0.25) is 0 Å². The van der Waals surface area contributed by atoms with E-state index in [0.717, 1.165) is 37.2 Å². The molecule has 34 heavy (non-hydrogen) atoms. The number of hydrogen-bond donors (Lipinski definition) is 0. The lowest BCUT2D eigenvalue weighted by Crippen LogP contribution is -2.29. The van der Waals surface area contributed by atoms with Gasteiger partial charge < -0.3 is 14.2 Å². The third kappa shape index (κ3) is 5.39. The van der Waals surface area contributed by atoms with Gasteiger partial charge in [-0.25, -0.2) is 0 Å². The molecule has 0 spiro atoms. The largest absolute Gasteiger partial charge is 0.493 e. The summed E-state index contributed by atoms with van der Waals surface area (Å²) < 4.78 is 17.7. The highest BCUT2D eigenvalue weighted by atomic mass is 127. The van der Waals surface area contributed by atoms with Gasteiger partial charge in [-0.05, 0) is 80.9 Å². The number of carbonyl (C=O) groups is 2. The molecule has 8 heteroatoms. The van der Waals surface area contributed by atoms with E-state index in [1.807, 2.05) is 30.3 Å². The first-order valence-electron chi connectivity index (χ1n) is 10.7. The summed E-state index contributed by atoms with van der Waals surface area (Å²) >= 11 is 3.15. The van der Waals surface area contributed by atoms with E-state index in [1.165, 1.54) is 4.90 Å². The number of nitrogens with zero attached hydrogens (tertiary/aromatic N) is 1. The molecule has 0 bridgehead atoms. The fourth-order valence-electron chi connectivity index (χ4n) is 3.74. The first kappa shape index (κ1) is 24.6. The molecular weight excluding hydrogens is 565 g/mol. The topological polar surface area (TPSA) is 65.1 Å². The van der Waals surface area contributed by atoms with Gasteiger partial charge in [0.25, 0.3) is 11.1 Å². The van der Waals surface area contributed by atoms with E-state index in [9.17, 15) is 9.59 Å². The van der Waals surface area contributed by atoms with Gasteiger partial charge in [-0.3, -0.25) is 14.5 Å². The van der Waals surface area contributed by atoms with Crippen LogP contribution in [0.5, 0.6) is 11.5 Å². The number of imide groups is 1. The fourth-order valence-corrected chi connectivity index (χ4v) is 5.39. The lowest BCUT2D eigenvalue weighted by atomic mass is 10.1. The lowest BCUT2D eigenvalue weighted by Gasteiger charge is -2.15. The van der Waals surface area contributed by atoms with Crippen LogP contribution in [0, 0.1) is 3.57 Å². The summed E-state index contributed by atoms with van der Waals surface area (Å²) in [5.74, 6) is 0.926. The Morgan fingerprint density at radius 1 is 1.06 bits per heavy atom. The maximum atomic E-state index is 12.7. The number of halogens is 1. The molecule has 0 N–H and O–H groups in total. The highest BCUT2D eigenvalue weighted by Crippen LogP contribution is 2.38. The molecule has 176 valence electrons. The molecule has 0 unspecified atom stereocenters. The van der Waals surface area contributed by atoms with Gasteiger partial charge in [-0.2, -0.15) is 0 Å². The number of hydrogen-bond acceptors (Lipinski definition) is 6. The molecule has 0 saturated carbocycles. The molecule has 3 aromatic rings. The van der Waals surface area contributed by atoms with Crippen LogP contribution in [0.25, 0.3) is 16.8 Å². The van der Waals surface area contributed by atoms with Gasteiger partial charge in [-0.1, -0.05) is 42.5 Å². The summed E-state index contributed by atoms with van der Waals surface area (Å²) in [6.45, 7) is 1.24. The number of fused-ring (bicyclic) bond motifs is 1. The molecular formula is C26H24INO5S. The zero-order valence-electron chi connectivity index (χ0n) is 18.9. The Hall–Kier alpha value is -2.56. The van der Waals surface area contributed by atoms with E-state index in [0.29, 0.717) is 42.6 Å². The van der Waals surface area contributed by atoms with Gasteiger partial charge in [0.05, 0.1) is 15.6 Å². The van der Waals surface area contributed by atoms with Gasteiger partial charge in [0.15, 0.2) is 11.5 Å². The lowest BCUT2D eigenvalue weighted by molar-refractivity contribution is -0.122. The van der Waals surface area contributed by atoms with Crippen molar-refractivity contribution >= 4 is 62.3 Å². The normalized spacial score (nSPS) is 14.9. The summed E-state index contributed by atoms with van der Waals surface area (Å²) in [7, 11) is 3.18. The molecule has 3 aromatic carbocycles. The van der Waals surface area contributed by atoms with Crippen molar-refractivity contribution in [1.29, 1.82) is 0 Å². The number of amides is 2. The highest BCUT2D eigenvalue weighted by Gasteiger charge is 2.34. The second kappa shape index (κ2) is 11.2. The van der Waals surface area contributed by atoms with Crippen LogP contribution >= 0.6 is 34.4 Å². The van der Waals surface area contributed by atoms with Crippen LogP contribution in [-0.4, -0.2) is 43.4 Å². The third-order valence-electron chi connectivity index (χ3n) is 5.41.